The molecule has 0 heterocycles. The second-order valence-electron chi connectivity index (χ2n) is 3.86. The van der Waals surface area contributed by atoms with Crippen LogP contribution in [0.3, 0.4) is 0 Å². The van der Waals surface area contributed by atoms with Crippen LogP contribution in [0.4, 0.5) is 0 Å². The molecule has 1 aliphatic rings. The fourth-order valence-electron chi connectivity index (χ4n) is 2.00. The largest absolute Gasteiger partial charge is 0.479 e. The van der Waals surface area contributed by atoms with Crippen molar-refractivity contribution in [3.63, 3.8) is 0 Å². The zero-order valence-corrected chi connectivity index (χ0v) is 9.37. The van der Waals surface area contributed by atoms with Gasteiger partial charge in [-0.1, -0.05) is 6.42 Å². The first-order chi connectivity index (χ1) is 6.65. The summed E-state index contributed by atoms with van der Waals surface area (Å²) in [6, 6.07) is 0. The van der Waals surface area contributed by atoms with E-state index in [1.807, 2.05) is 0 Å². The number of carboxylic acids is 1. The summed E-state index contributed by atoms with van der Waals surface area (Å²) in [6.07, 6.45) is 3.78. The molecule has 0 saturated heterocycles. The van der Waals surface area contributed by atoms with Crippen molar-refractivity contribution in [3.05, 3.63) is 0 Å². The lowest BCUT2D eigenvalue weighted by Gasteiger charge is -2.21. The Morgan fingerprint density at radius 2 is 2.36 bits per heavy atom. The number of hydrogen-bond donors (Lipinski definition) is 2. The fourth-order valence-corrected chi connectivity index (χ4v) is 2.33. The van der Waals surface area contributed by atoms with E-state index in [1.54, 1.807) is 6.92 Å². The van der Waals surface area contributed by atoms with Gasteiger partial charge in [0.15, 0.2) is 6.10 Å². The molecule has 0 spiro atoms. The number of thiol groups is 1. The summed E-state index contributed by atoms with van der Waals surface area (Å²) >= 11 is 4.20. The molecule has 3 unspecified atom stereocenters. The maximum Gasteiger partial charge on any atom is 0.332 e. The van der Waals surface area contributed by atoms with Gasteiger partial charge in [0.05, 0.1) is 6.10 Å². The Balaban J connectivity index is 2.38. The zero-order chi connectivity index (χ0) is 10.6. The van der Waals surface area contributed by atoms with Crippen LogP contribution in [0, 0.1) is 5.92 Å². The fraction of sp³-hybridized carbons (Fsp3) is 0.900. The van der Waals surface area contributed by atoms with E-state index in [-0.39, 0.29) is 6.10 Å². The predicted octanol–water partition coefficient (Wildman–Crippen LogP) is 1.96. The molecule has 1 N–H and O–H groups in total. The van der Waals surface area contributed by atoms with Crippen molar-refractivity contribution in [2.75, 3.05) is 5.75 Å². The molecule has 0 radical (unpaired) electrons. The van der Waals surface area contributed by atoms with Gasteiger partial charge in [-0.3, -0.25) is 0 Å². The normalized spacial score (nSPS) is 29.0. The van der Waals surface area contributed by atoms with Crippen molar-refractivity contribution in [2.24, 2.45) is 5.92 Å². The average Bonchev–Trinajstić information content (AvgIpc) is 2.53. The highest BCUT2D eigenvalue weighted by Gasteiger charge is 2.30. The lowest BCUT2D eigenvalue weighted by molar-refractivity contribution is -0.154. The van der Waals surface area contributed by atoms with Gasteiger partial charge in [0.25, 0.3) is 0 Å². The van der Waals surface area contributed by atoms with E-state index in [9.17, 15) is 4.79 Å². The van der Waals surface area contributed by atoms with Crippen molar-refractivity contribution in [2.45, 2.75) is 44.8 Å². The van der Waals surface area contributed by atoms with Gasteiger partial charge in [-0.15, -0.1) is 0 Å². The summed E-state index contributed by atoms with van der Waals surface area (Å²) < 4.78 is 5.50. The standard InChI is InChI=1S/C10H18O3S/c1-7(10(11)12)13-9-4-2-3-8(9)5-6-14/h7-9,14H,2-6H2,1H3,(H,11,12). The third kappa shape index (κ3) is 3.17. The summed E-state index contributed by atoms with van der Waals surface area (Å²) in [4.78, 5) is 10.6. The lowest BCUT2D eigenvalue weighted by atomic mass is 10.0. The Labute approximate surface area is 90.2 Å². The maximum atomic E-state index is 10.6. The molecular weight excluding hydrogens is 200 g/mol. The van der Waals surface area contributed by atoms with E-state index in [0.717, 1.165) is 31.4 Å². The first-order valence-corrected chi connectivity index (χ1v) is 5.77. The Bertz CT molecular complexity index is 196. The van der Waals surface area contributed by atoms with Crippen molar-refractivity contribution >= 4 is 18.6 Å². The van der Waals surface area contributed by atoms with Gasteiger partial charge in [0, 0.05) is 0 Å². The van der Waals surface area contributed by atoms with Gasteiger partial charge in [-0.25, -0.2) is 4.79 Å². The quantitative estimate of drug-likeness (QED) is 0.693. The molecule has 1 saturated carbocycles. The molecular formula is C10H18O3S. The summed E-state index contributed by atoms with van der Waals surface area (Å²) in [5.41, 5.74) is 0. The Morgan fingerprint density at radius 3 is 2.93 bits per heavy atom. The van der Waals surface area contributed by atoms with Crippen LogP contribution in [0.5, 0.6) is 0 Å². The van der Waals surface area contributed by atoms with Crippen LogP contribution < -0.4 is 0 Å². The van der Waals surface area contributed by atoms with Crippen LogP contribution in [0.1, 0.15) is 32.6 Å². The van der Waals surface area contributed by atoms with Crippen LogP contribution in [0.15, 0.2) is 0 Å². The number of aliphatic carboxylic acids is 1. The molecule has 0 aromatic heterocycles. The summed E-state index contributed by atoms with van der Waals surface area (Å²) in [5.74, 6) is 0.488. The third-order valence-corrected chi connectivity index (χ3v) is 3.07. The molecule has 1 fully saturated rings. The average molecular weight is 218 g/mol. The van der Waals surface area contributed by atoms with E-state index in [4.69, 9.17) is 9.84 Å². The van der Waals surface area contributed by atoms with E-state index < -0.39 is 12.1 Å². The summed E-state index contributed by atoms with van der Waals surface area (Å²) in [5, 5.41) is 8.72. The van der Waals surface area contributed by atoms with Crippen molar-refractivity contribution in [1.82, 2.24) is 0 Å². The molecule has 0 aromatic rings. The van der Waals surface area contributed by atoms with Crippen molar-refractivity contribution in [3.8, 4) is 0 Å². The number of hydrogen-bond acceptors (Lipinski definition) is 3. The van der Waals surface area contributed by atoms with Crippen LogP contribution in [-0.4, -0.2) is 29.0 Å². The van der Waals surface area contributed by atoms with E-state index in [2.05, 4.69) is 12.6 Å². The van der Waals surface area contributed by atoms with E-state index in [0.29, 0.717) is 5.92 Å². The van der Waals surface area contributed by atoms with E-state index in [1.165, 1.54) is 0 Å². The Kier molecular flexibility index (Phi) is 4.75. The third-order valence-electron chi connectivity index (χ3n) is 2.82. The van der Waals surface area contributed by atoms with Gasteiger partial charge in [0.2, 0.25) is 0 Å². The van der Waals surface area contributed by atoms with E-state index >= 15 is 0 Å². The SMILES string of the molecule is CC(OC1CCCC1CCS)C(=O)O. The molecule has 1 rings (SSSR count). The molecule has 0 bridgehead atoms. The number of rotatable bonds is 5. The van der Waals surface area contributed by atoms with Gasteiger partial charge >= 0.3 is 5.97 Å². The van der Waals surface area contributed by atoms with Crippen LogP contribution in [-0.2, 0) is 9.53 Å². The molecule has 0 aliphatic heterocycles. The van der Waals surface area contributed by atoms with Crippen LogP contribution >= 0.6 is 12.6 Å². The number of carbonyl (C=O) groups is 1. The van der Waals surface area contributed by atoms with Gasteiger partial charge in [-0.2, -0.15) is 12.6 Å². The molecule has 0 amide bonds. The first-order valence-electron chi connectivity index (χ1n) is 5.14. The molecule has 14 heavy (non-hydrogen) atoms. The minimum Gasteiger partial charge on any atom is -0.479 e. The monoisotopic (exact) mass is 218 g/mol. The van der Waals surface area contributed by atoms with Gasteiger partial charge in [-0.05, 0) is 37.9 Å². The number of ether oxygens (including phenoxy) is 1. The second-order valence-corrected chi connectivity index (χ2v) is 4.31. The highest BCUT2D eigenvalue weighted by molar-refractivity contribution is 7.80. The first kappa shape index (κ1) is 11.9. The summed E-state index contributed by atoms with van der Waals surface area (Å²) in [7, 11) is 0. The minimum atomic E-state index is -0.874. The van der Waals surface area contributed by atoms with Crippen molar-refractivity contribution < 1.29 is 14.6 Å². The molecule has 3 nitrogen and oxygen atoms in total. The highest BCUT2D eigenvalue weighted by Crippen LogP contribution is 2.31. The van der Waals surface area contributed by atoms with Gasteiger partial charge < -0.3 is 9.84 Å². The van der Waals surface area contributed by atoms with Gasteiger partial charge in [0.1, 0.15) is 0 Å². The number of carboxylic acid groups (broad SMARTS) is 1. The zero-order valence-electron chi connectivity index (χ0n) is 8.48. The molecule has 82 valence electrons. The Morgan fingerprint density at radius 1 is 1.64 bits per heavy atom. The van der Waals surface area contributed by atoms with Crippen LogP contribution in [0.2, 0.25) is 0 Å². The molecule has 3 atom stereocenters. The van der Waals surface area contributed by atoms with Crippen LogP contribution in [0.25, 0.3) is 0 Å². The summed E-state index contributed by atoms with van der Waals surface area (Å²) in [6.45, 7) is 1.60. The second kappa shape index (κ2) is 5.61. The lowest BCUT2D eigenvalue weighted by Crippen LogP contribution is -2.29. The molecule has 1 aliphatic carbocycles. The van der Waals surface area contributed by atoms with Crippen molar-refractivity contribution in [1.29, 1.82) is 0 Å². The highest BCUT2D eigenvalue weighted by atomic mass is 32.1. The Hall–Kier alpha value is -0.220. The molecule has 4 heteroatoms. The molecule has 0 aromatic carbocycles. The topological polar surface area (TPSA) is 46.5 Å². The minimum absolute atomic E-state index is 0.133. The smallest absolute Gasteiger partial charge is 0.332 e. The maximum absolute atomic E-state index is 10.6. The predicted molar refractivity (Wildman–Crippen MR) is 57.8 cm³/mol.